The lowest BCUT2D eigenvalue weighted by Crippen LogP contribution is -2.43. The lowest BCUT2D eigenvalue weighted by atomic mass is 9.63. The summed E-state index contributed by atoms with van der Waals surface area (Å²) < 4.78 is 0. The topological polar surface area (TPSA) is 33.2 Å². The number of pyridine rings is 1. The van der Waals surface area contributed by atoms with Gasteiger partial charge in [-0.25, -0.2) is 4.98 Å². The molecule has 4 rings (SSSR count). The molecule has 0 bridgehead atoms. The molecule has 1 aromatic rings. The van der Waals surface area contributed by atoms with Gasteiger partial charge < -0.3 is 4.90 Å². The number of terminal acetylenes is 1. The van der Waals surface area contributed by atoms with E-state index in [0.29, 0.717) is 22.6 Å². The van der Waals surface area contributed by atoms with Gasteiger partial charge in [0.15, 0.2) is 5.78 Å². The molecule has 0 N–H and O–H groups in total. The number of halogens is 1. The van der Waals surface area contributed by atoms with E-state index in [1.165, 1.54) is 32.1 Å². The maximum absolute atomic E-state index is 12.4. The summed E-state index contributed by atoms with van der Waals surface area (Å²) >= 11 is 6.10. The van der Waals surface area contributed by atoms with Crippen molar-refractivity contribution in [2.24, 2.45) is 5.41 Å². The molecule has 0 unspecified atom stereocenters. The fraction of sp³-hybridized carbons (Fsp3) is 0.474. The van der Waals surface area contributed by atoms with E-state index in [1.54, 1.807) is 6.07 Å². The summed E-state index contributed by atoms with van der Waals surface area (Å²) in [5.41, 5.74) is 3.58. The SMILES string of the molecule is C#CC1=C(N2CCC3(CCC3)CC2)c2nc(Cl)ccc2CC1=O. The van der Waals surface area contributed by atoms with Crippen LogP contribution < -0.4 is 0 Å². The van der Waals surface area contributed by atoms with Gasteiger partial charge in [-0.1, -0.05) is 30.0 Å². The number of fused-ring (bicyclic) bond motifs is 1. The molecule has 1 aromatic heterocycles. The molecule has 0 aromatic carbocycles. The summed E-state index contributed by atoms with van der Waals surface area (Å²) in [6.07, 6.45) is 12.4. The smallest absolute Gasteiger partial charge is 0.177 e. The van der Waals surface area contributed by atoms with Gasteiger partial charge in [-0.3, -0.25) is 4.79 Å². The summed E-state index contributed by atoms with van der Waals surface area (Å²) in [6, 6.07) is 3.64. The van der Waals surface area contributed by atoms with Gasteiger partial charge in [-0.05, 0) is 42.7 Å². The maximum atomic E-state index is 12.4. The molecule has 2 fully saturated rings. The van der Waals surface area contributed by atoms with Crippen LogP contribution in [0.5, 0.6) is 0 Å². The lowest BCUT2D eigenvalue weighted by Gasteiger charge is -2.49. The number of allylic oxidation sites excluding steroid dienone is 1. The summed E-state index contributed by atoms with van der Waals surface area (Å²) in [5.74, 6) is 2.63. The van der Waals surface area contributed by atoms with Crippen molar-refractivity contribution in [2.45, 2.75) is 38.5 Å². The van der Waals surface area contributed by atoms with E-state index in [1.807, 2.05) is 6.07 Å². The number of rotatable bonds is 1. The first-order valence-corrected chi connectivity index (χ1v) is 8.65. The van der Waals surface area contributed by atoms with Gasteiger partial charge in [0.2, 0.25) is 0 Å². The van der Waals surface area contributed by atoms with E-state index in [-0.39, 0.29) is 5.78 Å². The minimum absolute atomic E-state index is 0.0167. The molecular weight excluding hydrogens is 308 g/mol. The molecule has 0 atom stereocenters. The van der Waals surface area contributed by atoms with E-state index in [2.05, 4.69) is 15.8 Å². The number of carbonyl (C=O) groups is 1. The van der Waals surface area contributed by atoms with Crippen molar-refractivity contribution < 1.29 is 4.79 Å². The molecule has 23 heavy (non-hydrogen) atoms. The van der Waals surface area contributed by atoms with Crippen LogP contribution in [-0.2, 0) is 11.2 Å². The molecule has 0 radical (unpaired) electrons. The normalized spacial score (nSPS) is 22.6. The predicted octanol–water partition coefficient (Wildman–Crippen LogP) is 3.47. The van der Waals surface area contributed by atoms with Crippen molar-refractivity contribution in [2.75, 3.05) is 13.1 Å². The standard InChI is InChI=1S/C19H19ClN2O/c1-2-14-15(23)12-13-4-5-16(20)21-17(13)18(14)22-10-8-19(9-11-22)6-3-7-19/h1,4-5H,3,6-12H2. The van der Waals surface area contributed by atoms with Gasteiger partial charge in [0.25, 0.3) is 0 Å². The number of aromatic nitrogens is 1. The molecule has 2 heterocycles. The lowest BCUT2D eigenvalue weighted by molar-refractivity contribution is -0.114. The maximum Gasteiger partial charge on any atom is 0.177 e. The highest BCUT2D eigenvalue weighted by Crippen LogP contribution is 2.50. The number of Topliss-reactive ketones (excluding diaryl/α,β-unsaturated/α-hetero) is 1. The fourth-order valence-electron chi connectivity index (χ4n) is 4.16. The van der Waals surface area contributed by atoms with E-state index >= 15 is 0 Å². The van der Waals surface area contributed by atoms with Crippen LogP contribution in [0, 0.1) is 17.8 Å². The number of carbonyl (C=O) groups excluding carboxylic acids is 1. The molecule has 3 aliphatic rings. The third-order valence-corrected chi connectivity index (χ3v) is 5.95. The largest absolute Gasteiger partial charge is 0.369 e. The Labute approximate surface area is 141 Å². The van der Waals surface area contributed by atoms with Gasteiger partial charge >= 0.3 is 0 Å². The second kappa shape index (κ2) is 5.39. The monoisotopic (exact) mass is 326 g/mol. The van der Waals surface area contributed by atoms with Crippen molar-refractivity contribution >= 4 is 23.1 Å². The Morgan fingerprint density at radius 2 is 1.96 bits per heavy atom. The van der Waals surface area contributed by atoms with Crippen LogP contribution in [0.4, 0.5) is 0 Å². The highest BCUT2D eigenvalue weighted by atomic mass is 35.5. The summed E-state index contributed by atoms with van der Waals surface area (Å²) in [4.78, 5) is 19.2. The van der Waals surface area contributed by atoms with Crippen LogP contribution in [0.2, 0.25) is 5.15 Å². The van der Waals surface area contributed by atoms with Gasteiger partial charge in [-0.15, -0.1) is 6.42 Å². The Balaban J connectivity index is 1.73. The minimum Gasteiger partial charge on any atom is -0.369 e. The Morgan fingerprint density at radius 1 is 1.22 bits per heavy atom. The van der Waals surface area contributed by atoms with E-state index < -0.39 is 0 Å². The molecule has 1 saturated carbocycles. The van der Waals surface area contributed by atoms with Gasteiger partial charge in [0.1, 0.15) is 5.15 Å². The van der Waals surface area contributed by atoms with Crippen molar-refractivity contribution in [3.63, 3.8) is 0 Å². The van der Waals surface area contributed by atoms with Crippen molar-refractivity contribution in [1.29, 1.82) is 0 Å². The zero-order valence-electron chi connectivity index (χ0n) is 13.1. The zero-order valence-corrected chi connectivity index (χ0v) is 13.8. The van der Waals surface area contributed by atoms with Crippen molar-refractivity contribution in [3.8, 4) is 12.3 Å². The van der Waals surface area contributed by atoms with E-state index in [9.17, 15) is 4.79 Å². The summed E-state index contributed by atoms with van der Waals surface area (Å²) in [7, 11) is 0. The number of piperidine rings is 1. The molecular formula is C19H19ClN2O. The van der Waals surface area contributed by atoms with E-state index in [4.69, 9.17) is 18.0 Å². The van der Waals surface area contributed by atoms with Gasteiger partial charge in [0, 0.05) is 19.5 Å². The van der Waals surface area contributed by atoms with E-state index in [0.717, 1.165) is 30.0 Å². The third-order valence-electron chi connectivity index (χ3n) is 5.73. The second-order valence-corrected chi connectivity index (χ2v) is 7.34. The number of ketones is 1. The number of hydrogen-bond donors (Lipinski definition) is 0. The predicted molar refractivity (Wildman–Crippen MR) is 90.8 cm³/mol. The summed E-state index contributed by atoms with van der Waals surface area (Å²) in [5, 5.41) is 0.444. The minimum atomic E-state index is 0.0167. The molecule has 118 valence electrons. The average Bonchev–Trinajstić information content (AvgIpc) is 2.53. The van der Waals surface area contributed by atoms with Crippen LogP contribution in [0.25, 0.3) is 5.70 Å². The Bertz CT molecular complexity index is 745. The quantitative estimate of drug-likeness (QED) is 0.585. The first-order valence-electron chi connectivity index (χ1n) is 8.27. The fourth-order valence-corrected chi connectivity index (χ4v) is 4.31. The Morgan fingerprint density at radius 3 is 2.57 bits per heavy atom. The second-order valence-electron chi connectivity index (χ2n) is 6.95. The Hall–Kier alpha value is -1.79. The molecule has 3 nitrogen and oxygen atoms in total. The molecule has 1 aliphatic heterocycles. The first-order chi connectivity index (χ1) is 11.1. The molecule has 1 saturated heterocycles. The van der Waals surface area contributed by atoms with Crippen molar-refractivity contribution in [3.05, 3.63) is 34.1 Å². The van der Waals surface area contributed by atoms with Gasteiger partial charge in [-0.2, -0.15) is 0 Å². The molecule has 2 aliphatic carbocycles. The first kappa shape index (κ1) is 14.8. The number of nitrogens with zero attached hydrogens (tertiary/aromatic N) is 2. The van der Waals surface area contributed by atoms with Gasteiger partial charge in [0.05, 0.1) is 17.0 Å². The van der Waals surface area contributed by atoms with Crippen molar-refractivity contribution in [1.82, 2.24) is 9.88 Å². The molecule has 0 amide bonds. The van der Waals surface area contributed by atoms with Crippen LogP contribution in [0.15, 0.2) is 17.7 Å². The van der Waals surface area contributed by atoms with Crippen LogP contribution >= 0.6 is 11.6 Å². The highest BCUT2D eigenvalue weighted by molar-refractivity contribution is 6.29. The number of hydrogen-bond acceptors (Lipinski definition) is 3. The Kier molecular flexibility index (Phi) is 3.46. The molecule has 1 spiro atoms. The number of likely N-dealkylation sites (tertiary alicyclic amines) is 1. The average molecular weight is 327 g/mol. The third kappa shape index (κ3) is 2.37. The van der Waals surface area contributed by atoms with Crippen LogP contribution in [0.3, 0.4) is 0 Å². The summed E-state index contributed by atoms with van der Waals surface area (Å²) in [6.45, 7) is 1.89. The molecule has 4 heteroatoms. The van der Waals surface area contributed by atoms with Crippen LogP contribution in [0.1, 0.15) is 43.4 Å². The zero-order chi connectivity index (χ0) is 16.0. The highest BCUT2D eigenvalue weighted by Gasteiger charge is 2.41. The van der Waals surface area contributed by atoms with Crippen LogP contribution in [-0.4, -0.2) is 28.8 Å².